The van der Waals surface area contributed by atoms with Gasteiger partial charge in [-0.05, 0) is 24.1 Å². The van der Waals surface area contributed by atoms with Gasteiger partial charge in [-0.3, -0.25) is 4.79 Å². The number of rotatable bonds is 4. The Labute approximate surface area is 118 Å². The molecular weight excluding hydrogens is 258 g/mol. The van der Waals surface area contributed by atoms with Crippen molar-refractivity contribution < 1.29 is 4.79 Å². The van der Waals surface area contributed by atoms with Gasteiger partial charge in [0.05, 0.1) is 10.7 Å². The third-order valence-corrected chi connectivity index (χ3v) is 3.45. The second kappa shape index (κ2) is 5.89. The molecule has 2 aromatic rings. The molecule has 0 bridgehead atoms. The van der Waals surface area contributed by atoms with Crippen LogP contribution >= 0.6 is 11.6 Å². The van der Waals surface area contributed by atoms with Crippen molar-refractivity contribution in [1.82, 2.24) is 0 Å². The zero-order chi connectivity index (χ0) is 13.8. The summed E-state index contributed by atoms with van der Waals surface area (Å²) in [5, 5.41) is 0.324. The Kier molecular flexibility index (Phi) is 4.23. The number of anilines is 1. The van der Waals surface area contributed by atoms with Crippen LogP contribution in [0.4, 0.5) is 5.69 Å². The number of hydrogen-bond donors (Lipinski definition) is 1. The Morgan fingerprint density at radius 1 is 1.16 bits per heavy atom. The van der Waals surface area contributed by atoms with E-state index in [1.165, 1.54) is 5.56 Å². The molecule has 0 unspecified atom stereocenters. The molecule has 0 heterocycles. The lowest BCUT2D eigenvalue weighted by atomic mass is 10.0. The van der Waals surface area contributed by atoms with Gasteiger partial charge in [-0.1, -0.05) is 55.3 Å². The van der Waals surface area contributed by atoms with Crippen LogP contribution in [0.25, 0.3) is 0 Å². The fourth-order valence-corrected chi connectivity index (χ4v) is 2.20. The topological polar surface area (TPSA) is 43.1 Å². The van der Waals surface area contributed by atoms with E-state index < -0.39 is 0 Å². The highest BCUT2D eigenvalue weighted by Gasteiger charge is 2.14. The van der Waals surface area contributed by atoms with Gasteiger partial charge in [-0.15, -0.1) is 0 Å². The molecule has 3 heteroatoms. The first kappa shape index (κ1) is 13.6. The van der Waals surface area contributed by atoms with Gasteiger partial charge in [0.15, 0.2) is 5.78 Å². The predicted octanol–water partition coefficient (Wildman–Crippen LogP) is 4.11. The summed E-state index contributed by atoms with van der Waals surface area (Å²) in [5.41, 5.74) is 8.46. The van der Waals surface area contributed by atoms with Gasteiger partial charge in [-0.25, -0.2) is 0 Å². The van der Waals surface area contributed by atoms with Crippen LogP contribution in [0.5, 0.6) is 0 Å². The number of halogens is 1. The normalized spacial score (nSPS) is 10.4. The van der Waals surface area contributed by atoms with E-state index in [2.05, 4.69) is 6.92 Å². The van der Waals surface area contributed by atoms with Gasteiger partial charge < -0.3 is 5.73 Å². The Morgan fingerprint density at radius 3 is 2.47 bits per heavy atom. The molecule has 0 radical (unpaired) electrons. The highest BCUT2D eigenvalue weighted by atomic mass is 35.5. The first-order valence-corrected chi connectivity index (χ1v) is 6.69. The van der Waals surface area contributed by atoms with Crippen molar-refractivity contribution in [2.75, 3.05) is 5.73 Å². The van der Waals surface area contributed by atoms with Gasteiger partial charge in [0.25, 0.3) is 0 Å². The van der Waals surface area contributed by atoms with Crippen LogP contribution < -0.4 is 5.73 Å². The zero-order valence-electron chi connectivity index (χ0n) is 10.8. The molecule has 0 fully saturated rings. The number of carbonyl (C=O) groups is 1. The maximum Gasteiger partial charge on any atom is 0.194 e. The predicted molar refractivity (Wildman–Crippen MR) is 79.7 cm³/mol. The minimum atomic E-state index is -0.0969. The molecule has 19 heavy (non-hydrogen) atoms. The van der Waals surface area contributed by atoms with E-state index in [4.69, 9.17) is 17.3 Å². The second-order valence-electron chi connectivity index (χ2n) is 4.48. The number of benzene rings is 2. The summed E-state index contributed by atoms with van der Waals surface area (Å²) in [6, 6.07) is 12.8. The molecule has 0 aliphatic heterocycles. The van der Waals surface area contributed by atoms with Crippen LogP contribution in [0, 0.1) is 0 Å². The average Bonchev–Trinajstić information content (AvgIpc) is 2.42. The van der Waals surface area contributed by atoms with Crippen LogP contribution in [0.1, 0.15) is 34.8 Å². The molecule has 2 rings (SSSR count). The van der Waals surface area contributed by atoms with E-state index in [0.29, 0.717) is 21.8 Å². The number of hydrogen-bond acceptors (Lipinski definition) is 2. The molecular formula is C16H16ClNO. The third kappa shape index (κ3) is 2.96. The first-order valence-electron chi connectivity index (χ1n) is 6.31. The van der Waals surface area contributed by atoms with Crippen molar-refractivity contribution in [3.05, 3.63) is 64.2 Å². The van der Waals surface area contributed by atoms with Crippen LogP contribution in [-0.2, 0) is 6.42 Å². The van der Waals surface area contributed by atoms with E-state index in [-0.39, 0.29) is 5.78 Å². The molecule has 0 aliphatic carbocycles. The summed E-state index contributed by atoms with van der Waals surface area (Å²) < 4.78 is 0. The maximum atomic E-state index is 12.3. The fourth-order valence-electron chi connectivity index (χ4n) is 1.99. The highest BCUT2D eigenvalue weighted by Crippen LogP contribution is 2.25. The molecule has 98 valence electrons. The summed E-state index contributed by atoms with van der Waals surface area (Å²) in [6.07, 6.45) is 2.11. The summed E-state index contributed by atoms with van der Waals surface area (Å²) in [5.74, 6) is -0.0969. The average molecular weight is 274 g/mol. The molecule has 0 saturated carbocycles. The minimum absolute atomic E-state index is 0.0969. The van der Waals surface area contributed by atoms with Crippen molar-refractivity contribution >= 4 is 23.1 Å². The standard InChI is InChI=1S/C16H16ClNO/c1-2-4-11-7-9-12(10-8-11)16(19)13-5-3-6-14(18)15(13)17/h3,5-10H,2,4,18H2,1H3. The number of nitrogen functional groups attached to an aromatic ring is 1. The van der Waals surface area contributed by atoms with Crippen LogP contribution in [0.2, 0.25) is 5.02 Å². The molecule has 0 saturated heterocycles. The van der Waals surface area contributed by atoms with Crippen molar-refractivity contribution in [1.29, 1.82) is 0 Å². The van der Waals surface area contributed by atoms with Crippen molar-refractivity contribution in [3.63, 3.8) is 0 Å². The lowest BCUT2D eigenvalue weighted by Crippen LogP contribution is -2.03. The van der Waals surface area contributed by atoms with E-state index in [1.807, 2.05) is 24.3 Å². The van der Waals surface area contributed by atoms with Gasteiger partial charge in [-0.2, -0.15) is 0 Å². The molecule has 2 nitrogen and oxygen atoms in total. The fraction of sp³-hybridized carbons (Fsp3) is 0.188. The number of nitrogens with two attached hydrogens (primary N) is 1. The minimum Gasteiger partial charge on any atom is -0.398 e. The van der Waals surface area contributed by atoms with Crippen molar-refractivity contribution in [3.8, 4) is 0 Å². The number of ketones is 1. The van der Waals surface area contributed by atoms with Gasteiger partial charge in [0.2, 0.25) is 0 Å². The van der Waals surface area contributed by atoms with E-state index in [1.54, 1.807) is 18.2 Å². The van der Waals surface area contributed by atoms with E-state index in [9.17, 15) is 4.79 Å². The molecule has 2 aromatic carbocycles. The second-order valence-corrected chi connectivity index (χ2v) is 4.86. The lowest BCUT2D eigenvalue weighted by Gasteiger charge is -2.06. The summed E-state index contributed by atoms with van der Waals surface area (Å²) >= 11 is 6.07. The highest BCUT2D eigenvalue weighted by molar-refractivity contribution is 6.37. The van der Waals surface area contributed by atoms with E-state index in [0.717, 1.165) is 12.8 Å². The van der Waals surface area contributed by atoms with Crippen LogP contribution in [0.3, 0.4) is 0 Å². The van der Waals surface area contributed by atoms with E-state index >= 15 is 0 Å². The van der Waals surface area contributed by atoms with Gasteiger partial charge >= 0.3 is 0 Å². The SMILES string of the molecule is CCCc1ccc(C(=O)c2cccc(N)c2Cl)cc1. The molecule has 0 spiro atoms. The van der Waals surface area contributed by atoms with Crippen molar-refractivity contribution in [2.45, 2.75) is 19.8 Å². The molecule has 0 atom stereocenters. The first-order chi connectivity index (χ1) is 9.13. The maximum absolute atomic E-state index is 12.3. The lowest BCUT2D eigenvalue weighted by molar-refractivity contribution is 0.103. The Hall–Kier alpha value is -1.80. The van der Waals surface area contributed by atoms with Gasteiger partial charge in [0, 0.05) is 11.1 Å². The Bertz CT molecular complexity index is 590. The summed E-state index contributed by atoms with van der Waals surface area (Å²) in [4.78, 5) is 12.3. The van der Waals surface area contributed by atoms with Crippen LogP contribution in [-0.4, -0.2) is 5.78 Å². The summed E-state index contributed by atoms with van der Waals surface area (Å²) in [7, 11) is 0. The monoisotopic (exact) mass is 273 g/mol. The molecule has 2 N–H and O–H groups in total. The largest absolute Gasteiger partial charge is 0.398 e. The van der Waals surface area contributed by atoms with Gasteiger partial charge in [0.1, 0.15) is 0 Å². The van der Waals surface area contributed by atoms with Crippen LogP contribution in [0.15, 0.2) is 42.5 Å². The Morgan fingerprint density at radius 2 is 1.84 bits per heavy atom. The molecule has 0 aliphatic rings. The molecule has 0 amide bonds. The smallest absolute Gasteiger partial charge is 0.194 e. The molecule has 0 aromatic heterocycles. The Balaban J connectivity index is 2.31. The number of aryl methyl sites for hydroxylation is 1. The van der Waals surface area contributed by atoms with Crippen molar-refractivity contribution in [2.24, 2.45) is 0 Å². The quantitative estimate of drug-likeness (QED) is 0.673. The number of carbonyl (C=O) groups excluding carboxylic acids is 1. The third-order valence-electron chi connectivity index (χ3n) is 3.03. The summed E-state index contributed by atoms with van der Waals surface area (Å²) in [6.45, 7) is 2.13. The zero-order valence-corrected chi connectivity index (χ0v) is 11.6.